The van der Waals surface area contributed by atoms with Gasteiger partial charge in [-0.3, -0.25) is 4.79 Å². The molecule has 0 aliphatic heterocycles. The van der Waals surface area contributed by atoms with Gasteiger partial charge in [-0.1, -0.05) is 145 Å². The Morgan fingerprint density at radius 2 is 1.12 bits per heavy atom. The lowest BCUT2D eigenvalue weighted by Gasteiger charge is -2.32. The molecular weight excluding hydrogens is 528 g/mol. The Bertz CT molecular complexity index is 1330. The summed E-state index contributed by atoms with van der Waals surface area (Å²) in [6.45, 7) is 19.8. The molecule has 0 spiro atoms. The monoisotopic (exact) mass is 582 g/mol. The summed E-state index contributed by atoms with van der Waals surface area (Å²) in [5.74, 6) is 0.266. The van der Waals surface area contributed by atoms with Gasteiger partial charge in [-0.15, -0.1) is 0 Å². The van der Waals surface area contributed by atoms with E-state index >= 15 is 0 Å². The molecule has 0 aromatic carbocycles. The number of hydrogen-bond donors (Lipinski definition) is 2. The summed E-state index contributed by atoms with van der Waals surface area (Å²) < 4.78 is 0. The molecule has 0 fully saturated rings. The van der Waals surface area contributed by atoms with Gasteiger partial charge in [0.2, 0.25) is 0 Å². The third-order valence-electron chi connectivity index (χ3n) is 7.29. The molecule has 0 amide bonds. The van der Waals surface area contributed by atoms with Crippen molar-refractivity contribution in [1.29, 1.82) is 0 Å². The van der Waals surface area contributed by atoms with Gasteiger partial charge in [0.05, 0.1) is 5.60 Å². The number of Topliss-reactive ketones (excluding diaryl/α,β-unsaturated/α-hetero) is 1. The number of aliphatic hydroxyl groups is 2. The Morgan fingerprint density at radius 1 is 0.721 bits per heavy atom. The zero-order valence-corrected chi connectivity index (χ0v) is 28.1. The summed E-state index contributed by atoms with van der Waals surface area (Å²) in [5, 5.41) is 19.7. The van der Waals surface area contributed by atoms with E-state index in [1.807, 2.05) is 57.2 Å². The van der Waals surface area contributed by atoms with Crippen LogP contribution in [-0.2, 0) is 4.79 Å². The summed E-state index contributed by atoms with van der Waals surface area (Å²) in [5.41, 5.74) is 6.48. The maximum atomic E-state index is 12.1. The lowest BCUT2D eigenvalue weighted by molar-refractivity contribution is -0.116. The molecule has 1 atom stereocenters. The molecule has 1 aliphatic carbocycles. The maximum Gasteiger partial charge on any atom is 0.158 e. The second-order valence-electron chi connectivity index (χ2n) is 12.7. The van der Waals surface area contributed by atoms with Gasteiger partial charge in [0, 0.05) is 6.42 Å². The van der Waals surface area contributed by atoms with E-state index in [0.29, 0.717) is 6.42 Å². The van der Waals surface area contributed by atoms with Crippen molar-refractivity contribution in [3.8, 4) is 0 Å². The normalized spacial score (nSPS) is 19.6. The van der Waals surface area contributed by atoms with E-state index in [9.17, 15) is 15.0 Å². The highest BCUT2D eigenvalue weighted by Crippen LogP contribution is 2.39. The van der Waals surface area contributed by atoms with Crippen molar-refractivity contribution in [1.82, 2.24) is 0 Å². The van der Waals surface area contributed by atoms with Gasteiger partial charge in [-0.05, 0) is 78.4 Å². The maximum absolute atomic E-state index is 12.1. The van der Waals surface area contributed by atoms with Crippen LogP contribution in [-0.4, -0.2) is 27.7 Å². The minimum Gasteiger partial charge on any atom is -0.387 e. The molecular formula is C40H54O3. The quantitative estimate of drug-likeness (QED) is 0.213. The average Bonchev–Trinajstić information content (AvgIpc) is 2.91. The summed E-state index contributed by atoms with van der Waals surface area (Å²) in [6, 6.07) is 0. The minimum atomic E-state index is -1.15. The smallest absolute Gasteiger partial charge is 0.158 e. The summed E-state index contributed by atoms with van der Waals surface area (Å²) >= 11 is 0. The van der Waals surface area contributed by atoms with Crippen LogP contribution >= 0.6 is 0 Å². The zero-order valence-electron chi connectivity index (χ0n) is 28.1. The summed E-state index contributed by atoms with van der Waals surface area (Å²) in [7, 11) is 0. The molecule has 0 radical (unpaired) electrons. The predicted molar refractivity (Wildman–Crippen MR) is 187 cm³/mol. The molecule has 1 aliphatic rings. The van der Waals surface area contributed by atoms with Gasteiger partial charge >= 0.3 is 0 Å². The van der Waals surface area contributed by atoms with Crippen molar-refractivity contribution in [3.05, 3.63) is 142 Å². The first kappa shape index (κ1) is 37.5. The van der Waals surface area contributed by atoms with Crippen LogP contribution in [0.25, 0.3) is 0 Å². The Labute approximate surface area is 261 Å². The molecule has 0 aromatic rings. The van der Waals surface area contributed by atoms with Crippen LogP contribution in [0.5, 0.6) is 0 Å². The van der Waals surface area contributed by atoms with Crippen LogP contribution < -0.4 is 0 Å². The van der Waals surface area contributed by atoms with Crippen molar-refractivity contribution in [2.24, 2.45) is 5.41 Å². The third-order valence-corrected chi connectivity index (χ3v) is 7.29. The Kier molecular flexibility index (Phi) is 15.9. The SMILES string of the molecule is CC1=C(/C=C/C(C)=C/C=C/C(C)=C/C=C/C=C(C)/C=C/C=C(C)/C=C/C=C(C)/C=C/C(O)C(C)(C)O)C(C)(C)CCC1=O. The number of aliphatic hydroxyl groups excluding tert-OH is 1. The fraction of sp³-hybridized carbons (Fsp3) is 0.375. The molecule has 3 heteroatoms. The molecule has 0 saturated heterocycles. The number of hydrogen-bond acceptors (Lipinski definition) is 3. The molecule has 0 heterocycles. The molecule has 0 saturated carbocycles. The molecule has 0 aromatic heterocycles. The van der Waals surface area contributed by atoms with Gasteiger partial charge in [-0.25, -0.2) is 0 Å². The molecule has 43 heavy (non-hydrogen) atoms. The molecule has 2 N–H and O–H groups in total. The van der Waals surface area contributed by atoms with Gasteiger partial charge in [0.15, 0.2) is 5.78 Å². The fourth-order valence-electron chi connectivity index (χ4n) is 4.20. The van der Waals surface area contributed by atoms with E-state index in [2.05, 4.69) is 89.3 Å². The Balaban J connectivity index is 2.65. The predicted octanol–water partition coefficient (Wildman–Crippen LogP) is 9.89. The zero-order chi connectivity index (χ0) is 32.6. The topological polar surface area (TPSA) is 57.5 Å². The number of carbonyl (C=O) groups is 1. The van der Waals surface area contributed by atoms with E-state index < -0.39 is 11.7 Å². The van der Waals surface area contributed by atoms with Crippen LogP contribution in [0.4, 0.5) is 0 Å². The van der Waals surface area contributed by atoms with Crippen molar-refractivity contribution in [2.75, 3.05) is 0 Å². The van der Waals surface area contributed by atoms with Gasteiger partial charge in [0.25, 0.3) is 0 Å². The molecule has 1 rings (SSSR count). The van der Waals surface area contributed by atoms with Gasteiger partial charge in [0.1, 0.15) is 6.10 Å². The summed E-state index contributed by atoms with van der Waals surface area (Å²) in [4.78, 5) is 12.1. The van der Waals surface area contributed by atoms with Crippen molar-refractivity contribution < 1.29 is 15.0 Å². The second-order valence-corrected chi connectivity index (χ2v) is 12.7. The summed E-state index contributed by atoms with van der Waals surface area (Å²) in [6.07, 6.45) is 34.9. The van der Waals surface area contributed by atoms with E-state index in [4.69, 9.17) is 0 Å². The third kappa shape index (κ3) is 15.5. The fourth-order valence-corrected chi connectivity index (χ4v) is 4.20. The number of carbonyl (C=O) groups excluding carboxylic acids is 1. The largest absolute Gasteiger partial charge is 0.387 e. The Morgan fingerprint density at radius 3 is 1.56 bits per heavy atom. The van der Waals surface area contributed by atoms with E-state index in [0.717, 1.165) is 45.4 Å². The van der Waals surface area contributed by atoms with Crippen molar-refractivity contribution >= 4 is 5.78 Å². The van der Waals surface area contributed by atoms with Gasteiger partial charge in [-0.2, -0.15) is 0 Å². The highest BCUT2D eigenvalue weighted by Gasteiger charge is 2.30. The Hall–Kier alpha value is -3.53. The highest BCUT2D eigenvalue weighted by molar-refractivity contribution is 5.97. The molecule has 232 valence electrons. The minimum absolute atomic E-state index is 0.0357. The standard InChI is InChI=1S/C40H54O3/c1-30(18-13-20-32(3)21-15-23-34(5)25-27-38(42)40(9,10)43)16-11-12-17-31(2)19-14-22-33(4)24-26-36-35(6)37(41)28-29-39(36,7)8/h11-27,38,42-43H,28-29H2,1-10H3/b12-11+,18-13+,19-14+,21-15+,26-24+,27-25+,30-16+,31-17+,32-20+,33-22+,34-23+. The van der Waals surface area contributed by atoms with Crippen LogP contribution in [0, 0.1) is 5.41 Å². The average molecular weight is 583 g/mol. The lowest BCUT2D eigenvalue weighted by Crippen LogP contribution is -2.34. The second kappa shape index (κ2) is 18.2. The van der Waals surface area contributed by atoms with E-state index in [-0.39, 0.29) is 11.2 Å². The first-order chi connectivity index (χ1) is 20.0. The lowest BCUT2D eigenvalue weighted by atomic mass is 9.72. The van der Waals surface area contributed by atoms with Crippen LogP contribution in [0.3, 0.4) is 0 Å². The number of allylic oxidation sites excluding steroid dienone is 23. The first-order valence-electron chi connectivity index (χ1n) is 15.1. The van der Waals surface area contributed by atoms with Crippen molar-refractivity contribution in [3.63, 3.8) is 0 Å². The molecule has 1 unspecified atom stereocenters. The van der Waals surface area contributed by atoms with E-state index in [1.54, 1.807) is 26.0 Å². The highest BCUT2D eigenvalue weighted by atomic mass is 16.3. The number of rotatable bonds is 13. The first-order valence-corrected chi connectivity index (χ1v) is 15.1. The van der Waals surface area contributed by atoms with E-state index in [1.165, 1.54) is 0 Å². The number of ketones is 1. The van der Waals surface area contributed by atoms with Crippen LogP contribution in [0.15, 0.2) is 142 Å². The van der Waals surface area contributed by atoms with Crippen LogP contribution in [0.1, 0.15) is 82.1 Å². The molecule has 0 bridgehead atoms. The van der Waals surface area contributed by atoms with Crippen molar-refractivity contribution in [2.45, 2.75) is 93.8 Å². The van der Waals surface area contributed by atoms with Crippen LogP contribution in [0.2, 0.25) is 0 Å². The van der Waals surface area contributed by atoms with Gasteiger partial charge < -0.3 is 10.2 Å². The molecule has 3 nitrogen and oxygen atoms in total.